The van der Waals surface area contributed by atoms with Crippen molar-refractivity contribution in [2.45, 2.75) is 25.4 Å². The predicted octanol–water partition coefficient (Wildman–Crippen LogP) is 14.0. The molecule has 1 unspecified atom stereocenters. The molecule has 2 aromatic heterocycles. The van der Waals surface area contributed by atoms with Gasteiger partial charge >= 0.3 is 0 Å². The van der Waals surface area contributed by atoms with Crippen LogP contribution in [0, 0.1) is 0 Å². The minimum Gasteiger partial charge on any atom is -0.333 e. The summed E-state index contributed by atoms with van der Waals surface area (Å²) in [6.45, 7) is 4.66. The third-order valence-electron chi connectivity index (χ3n) is 12.9. The van der Waals surface area contributed by atoms with E-state index in [0.717, 1.165) is 28.4 Å². The number of rotatable bonds is 5. The van der Waals surface area contributed by atoms with Gasteiger partial charge in [0.2, 0.25) is 0 Å². The molecule has 286 valence electrons. The Balaban J connectivity index is 1.02. The van der Waals surface area contributed by atoms with Crippen molar-refractivity contribution in [1.29, 1.82) is 0 Å². The van der Waals surface area contributed by atoms with Crippen LogP contribution >= 0.6 is 11.3 Å². The molecule has 5 heteroatoms. The molecule has 4 nitrogen and oxygen atoms in total. The number of hydrogen-bond acceptors (Lipinski definition) is 4. The van der Waals surface area contributed by atoms with Gasteiger partial charge in [-0.25, -0.2) is 9.98 Å². The first-order valence-electron chi connectivity index (χ1n) is 20.7. The quantitative estimate of drug-likeness (QED) is 0.171. The van der Waals surface area contributed by atoms with Crippen molar-refractivity contribution in [1.82, 2.24) is 9.47 Å². The molecule has 0 N–H and O–H groups in total. The lowest BCUT2D eigenvalue weighted by molar-refractivity contribution is 0.383. The van der Waals surface area contributed by atoms with Gasteiger partial charge in [-0.05, 0) is 87.5 Å². The zero-order valence-electron chi connectivity index (χ0n) is 33.6. The van der Waals surface area contributed by atoms with Gasteiger partial charge in [0.1, 0.15) is 12.0 Å². The maximum atomic E-state index is 5.49. The molecule has 0 amide bonds. The first-order valence-corrected chi connectivity index (χ1v) is 21.5. The number of thiophene rings is 1. The molecule has 0 spiro atoms. The second-order valence-corrected chi connectivity index (χ2v) is 17.6. The van der Waals surface area contributed by atoms with Crippen LogP contribution in [-0.4, -0.2) is 28.2 Å². The van der Waals surface area contributed by atoms with E-state index in [-0.39, 0.29) is 11.6 Å². The van der Waals surface area contributed by atoms with Crippen molar-refractivity contribution in [3.8, 4) is 27.9 Å². The Labute approximate surface area is 353 Å². The topological polar surface area (TPSA) is 32.9 Å². The largest absolute Gasteiger partial charge is 0.333 e. The highest BCUT2D eigenvalue weighted by molar-refractivity contribution is 7.26. The van der Waals surface area contributed by atoms with Crippen LogP contribution in [0.5, 0.6) is 0 Å². The summed E-state index contributed by atoms with van der Waals surface area (Å²) in [5.74, 6) is 1.68. The number of nitrogens with zero attached hydrogens (tertiary/aromatic N) is 4. The monoisotopic (exact) mass is 788 g/mol. The first kappa shape index (κ1) is 34.9. The molecule has 10 aromatic rings. The summed E-state index contributed by atoms with van der Waals surface area (Å²) in [6.07, 6.45) is -0.239. The molecule has 2 aliphatic rings. The van der Waals surface area contributed by atoms with Gasteiger partial charge in [-0.3, -0.25) is 0 Å². The molecule has 3 heterocycles. The van der Waals surface area contributed by atoms with E-state index < -0.39 is 0 Å². The Morgan fingerprint density at radius 2 is 1.20 bits per heavy atom. The molecule has 0 radical (unpaired) electrons. The number of para-hydroxylation sites is 2. The summed E-state index contributed by atoms with van der Waals surface area (Å²) in [5.41, 5.74) is 14.5. The molecule has 1 aliphatic heterocycles. The molecule has 0 bridgehead atoms. The van der Waals surface area contributed by atoms with Gasteiger partial charge in [-0.15, -0.1) is 11.3 Å². The van der Waals surface area contributed by atoms with Crippen LogP contribution in [0.15, 0.2) is 192 Å². The molecule has 0 saturated carbocycles. The van der Waals surface area contributed by atoms with Gasteiger partial charge in [0.25, 0.3) is 0 Å². The lowest BCUT2D eigenvalue weighted by atomic mass is 9.82. The summed E-state index contributed by atoms with van der Waals surface area (Å²) >= 11 is 1.85. The Kier molecular flexibility index (Phi) is 7.69. The molecule has 0 fully saturated rings. The molecule has 0 saturated heterocycles. The van der Waals surface area contributed by atoms with Crippen LogP contribution in [-0.2, 0) is 5.41 Å². The highest BCUT2D eigenvalue weighted by Crippen LogP contribution is 2.49. The lowest BCUT2D eigenvalue weighted by Crippen LogP contribution is -2.35. The standard InChI is InChI=1S/C55H40N4S/c1-55(2)45-25-12-10-20-39(45)40-30-28-36(33-46(40)55)52-56-53(34-16-6-4-7-17-34)58(3)54(57-52)43-24-14-23-42-50-38(22-15-27-49(50)60-51(42)43)35-29-31-48-44(32-35)41-21-11-13-26-47(41)59(48)37-18-8-5-9-19-37/h4-33,53H,1-3H3. The lowest BCUT2D eigenvalue weighted by Gasteiger charge is -2.33. The average molecular weight is 789 g/mol. The van der Waals surface area contributed by atoms with E-state index in [4.69, 9.17) is 9.98 Å². The predicted molar refractivity (Wildman–Crippen MR) is 253 cm³/mol. The highest BCUT2D eigenvalue weighted by atomic mass is 32.1. The second kappa shape index (κ2) is 13.2. The van der Waals surface area contributed by atoms with Gasteiger partial charge < -0.3 is 9.47 Å². The Bertz CT molecular complexity index is 3420. The summed E-state index contributed by atoms with van der Waals surface area (Å²) in [5, 5.41) is 5.02. The number of amidine groups is 2. The molecule has 12 rings (SSSR count). The fourth-order valence-corrected chi connectivity index (χ4v) is 11.2. The fourth-order valence-electron chi connectivity index (χ4n) is 9.94. The van der Waals surface area contributed by atoms with Crippen LogP contribution in [0.1, 0.15) is 47.8 Å². The van der Waals surface area contributed by atoms with E-state index in [2.05, 4.69) is 212 Å². The second-order valence-electron chi connectivity index (χ2n) is 16.6. The van der Waals surface area contributed by atoms with Gasteiger partial charge in [0.15, 0.2) is 5.84 Å². The summed E-state index contributed by atoms with van der Waals surface area (Å²) in [4.78, 5) is 13.1. The van der Waals surface area contributed by atoms with Crippen LogP contribution in [0.25, 0.3) is 69.9 Å². The molecule has 1 aliphatic carbocycles. The van der Waals surface area contributed by atoms with Gasteiger partial charge in [-0.1, -0.05) is 147 Å². The maximum Gasteiger partial charge on any atom is 0.159 e. The molecule has 60 heavy (non-hydrogen) atoms. The summed E-state index contributed by atoms with van der Waals surface area (Å²) < 4.78 is 4.87. The maximum absolute atomic E-state index is 5.49. The van der Waals surface area contributed by atoms with Gasteiger partial charge in [0, 0.05) is 60.2 Å². The van der Waals surface area contributed by atoms with Crippen LogP contribution in [0.3, 0.4) is 0 Å². The third-order valence-corrected chi connectivity index (χ3v) is 14.1. The van der Waals surface area contributed by atoms with Crippen molar-refractivity contribution in [2.24, 2.45) is 9.98 Å². The normalized spacial score (nSPS) is 15.7. The summed E-state index contributed by atoms with van der Waals surface area (Å²) in [7, 11) is 2.14. The van der Waals surface area contributed by atoms with Crippen molar-refractivity contribution in [3.63, 3.8) is 0 Å². The Morgan fingerprint density at radius 3 is 2.07 bits per heavy atom. The van der Waals surface area contributed by atoms with Crippen molar-refractivity contribution in [3.05, 3.63) is 210 Å². The fraction of sp³-hybridized carbons (Fsp3) is 0.0909. The van der Waals surface area contributed by atoms with Crippen LogP contribution < -0.4 is 0 Å². The number of aromatic nitrogens is 1. The zero-order valence-corrected chi connectivity index (χ0v) is 34.4. The van der Waals surface area contributed by atoms with Crippen molar-refractivity contribution >= 4 is 65.0 Å². The first-order chi connectivity index (χ1) is 29.4. The molecular formula is C55H40N4S. The summed E-state index contributed by atoms with van der Waals surface area (Å²) in [6, 6.07) is 66.1. The van der Waals surface area contributed by atoms with Crippen LogP contribution in [0.2, 0.25) is 0 Å². The number of aliphatic imine (C=N–C) groups is 2. The van der Waals surface area contributed by atoms with E-state index in [1.54, 1.807) is 0 Å². The third kappa shape index (κ3) is 5.15. The smallest absolute Gasteiger partial charge is 0.159 e. The SMILES string of the molecule is CN1C(c2cccc3c2sc2cccc(-c4ccc5c(c4)c4ccccc4n5-c4ccccc4)c23)=NC(c2ccc3c(c2)C(C)(C)c2ccccc2-3)=NC1c1ccccc1. The van der Waals surface area contributed by atoms with E-state index in [0.29, 0.717) is 0 Å². The number of benzene rings is 8. The number of fused-ring (bicyclic) bond motifs is 9. The van der Waals surface area contributed by atoms with Gasteiger partial charge in [0.05, 0.1) is 11.0 Å². The Morgan fingerprint density at radius 1 is 0.533 bits per heavy atom. The van der Waals surface area contributed by atoms with Crippen molar-refractivity contribution < 1.29 is 0 Å². The molecule has 8 aromatic carbocycles. The van der Waals surface area contributed by atoms with E-state index in [1.807, 2.05) is 11.3 Å². The van der Waals surface area contributed by atoms with Crippen molar-refractivity contribution in [2.75, 3.05) is 7.05 Å². The van der Waals surface area contributed by atoms with Crippen LogP contribution in [0.4, 0.5) is 0 Å². The van der Waals surface area contributed by atoms with E-state index in [1.165, 1.54) is 81.0 Å². The minimum atomic E-state index is -0.239. The zero-order chi connectivity index (χ0) is 40.1. The highest BCUT2D eigenvalue weighted by Gasteiger charge is 2.36. The van der Waals surface area contributed by atoms with E-state index in [9.17, 15) is 0 Å². The number of hydrogen-bond donors (Lipinski definition) is 0. The molecular weight excluding hydrogens is 749 g/mol. The van der Waals surface area contributed by atoms with Gasteiger partial charge in [-0.2, -0.15) is 0 Å². The molecule has 1 atom stereocenters. The minimum absolute atomic E-state index is 0.122. The Hall–Kier alpha value is -7.08. The van der Waals surface area contributed by atoms with E-state index >= 15 is 0 Å². The average Bonchev–Trinajstić information content (AvgIpc) is 3.92.